The normalized spacial score (nSPS) is 11.5. The van der Waals surface area contributed by atoms with Crippen LogP contribution in [0.4, 0.5) is 5.69 Å². The Morgan fingerprint density at radius 1 is 1.12 bits per heavy atom. The van der Waals surface area contributed by atoms with E-state index in [0.717, 1.165) is 10.6 Å². The van der Waals surface area contributed by atoms with Crippen LogP contribution < -0.4 is 9.73 Å². The Bertz CT molecular complexity index is 911. The average Bonchev–Trinajstić information content (AvgIpc) is 2.55. The summed E-state index contributed by atoms with van der Waals surface area (Å²) in [4.78, 5) is 12.1. The molecule has 0 saturated carbocycles. The third-order valence-electron chi connectivity index (χ3n) is 3.18. The van der Waals surface area contributed by atoms with Gasteiger partial charge >= 0.3 is 0 Å². The third-order valence-corrected chi connectivity index (χ3v) is 5.24. The summed E-state index contributed by atoms with van der Waals surface area (Å²) < 4.78 is 24.9. The number of sulfonamides is 1. The van der Waals surface area contributed by atoms with Gasteiger partial charge < -0.3 is 0 Å². The molecule has 2 rings (SSSR count). The van der Waals surface area contributed by atoms with Crippen LogP contribution in [0.1, 0.15) is 5.56 Å². The van der Waals surface area contributed by atoms with Crippen molar-refractivity contribution < 1.29 is 13.2 Å². The first-order chi connectivity index (χ1) is 12.2. The number of nitrogens with zero attached hydrogens (tertiary/aromatic N) is 2. The summed E-state index contributed by atoms with van der Waals surface area (Å²) in [6.45, 7) is -0.450. The first-order valence-corrected chi connectivity index (χ1v) is 10.2. The van der Waals surface area contributed by atoms with E-state index in [0.29, 0.717) is 26.3 Å². The first kappa shape index (κ1) is 20.5. The van der Waals surface area contributed by atoms with Gasteiger partial charge in [0.05, 0.1) is 28.2 Å². The van der Waals surface area contributed by atoms with Crippen molar-refractivity contribution in [2.24, 2.45) is 5.10 Å². The Morgan fingerprint density at radius 3 is 2.23 bits per heavy atom. The van der Waals surface area contributed by atoms with Crippen molar-refractivity contribution in [3.8, 4) is 0 Å². The van der Waals surface area contributed by atoms with E-state index in [4.69, 9.17) is 34.8 Å². The van der Waals surface area contributed by atoms with Gasteiger partial charge in [-0.15, -0.1) is 0 Å². The number of hydrogen-bond donors (Lipinski definition) is 1. The van der Waals surface area contributed by atoms with Crippen LogP contribution in [-0.4, -0.2) is 33.3 Å². The molecule has 6 nitrogen and oxygen atoms in total. The summed E-state index contributed by atoms with van der Waals surface area (Å²) in [5.74, 6) is -0.634. The smallest absolute Gasteiger partial charge is 0.260 e. The molecule has 138 valence electrons. The fourth-order valence-electron chi connectivity index (χ4n) is 1.98. The van der Waals surface area contributed by atoms with Crippen LogP contribution >= 0.6 is 34.8 Å². The number of halogens is 3. The van der Waals surface area contributed by atoms with Gasteiger partial charge in [0.25, 0.3) is 5.91 Å². The van der Waals surface area contributed by atoms with E-state index in [9.17, 15) is 13.2 Å². The second-order valence-corrected chi connectivity index (χ2v) is 8.33. The molecule has 0 fully saturated rings. The van der Waals surface area contributed by atoms with Crippen LogP contribution in [0.25, 0.3) is 0 Å². The Kier molecular flexibility index (Phi) is 6.88. The fourth-order valence-corrected chi connectivity index (χ4v) is 3.45. The van der Waals surface area contributed by atoms with E-state index >= 15 is 0 Å². The number of rotatable bonds is 6. The number of carbonyl (C=O) groups excluding carboxylic acids is 1. The maximum absolute atomic E-state index is 12.1. The Morgan fingerprint density at radius 2 is 1.69 bits per heavy atom. The van der Waals surface area contributed by atoms with Crippen molar-refractivity contribution in [1.29, 1.82) is 0 Å². The molecule has 0 heterocycles. The van der Waals surface area contributed by atoms with Crippen molar-refractivity contribution in [1.82, 2.24) is 5.43 Å². The number of anilines is 1. The number of amides is 1. The lowest BCUT2D eigenvalue weighted by Gasteiger charge is -2.21. The van der Waals surface area contributed by atoms with Crippen LogP contribution in [0.15, 0.2) is 47.6 Å². The van der Waals surface area contributed by atoms with Crippen molar-refractivity contribution in [2.45, 2.75) is 0 Å². The molecule has 0 aliphatic heterocycles. The number of hydrogen-bond acceptors (Lipinski definition) is 4. The molecular weight excluding hydrogens is 421 g/mol. The summed E-state index contributed by atoms with van der Waals surface area (Å²) >= 11 is 17.8. The van der Waals surface area contributed by atoms with E-state index in [1.165, 1.54) is 30.5 Å². The zero-order chi connectivity index (χ0) is 19.3. The maximum atomic E-state index is 12.1. The largest absolute Gasteiger partial charge is 0.271 e. The molecular formula is C16H14Cl3N3O3S. The molecule has 26 heavy (non-hydrogen) atoms. The van der Waals surface area contributed by atoms with Crippen LogP contribution in [0.2, 0.25) is 15.1 Å². The van der Waals surface area contributed by atoms with E-state index in [1.54, 1.807) is 18.2 Å². The van der Waals surface area contributed by atoms with Gasteiger partial charge in [-0.1, -0.05) is 40.9 Å². The monoisotopic (exact) mass is 433 g/mol. The molecule has 0 radical (unpaired) electrons. The van der Waals surface area contributed by atoms with Gasteiger partial charge in [0, 0.05) is 10.6 Å². The predicted molar refractivity (Wildman–Crippen MR) is 106 cm³/mol. The summed E-state index contributed by atoms with van der Waals surface area (Å²) in [6.07, 6.45) is 2.29. The number of carbonyl (C=O) groups is 1. The lowest BCUT2D eigenvalue weighted by atomic mass is 10.2. The highest BCUT2D eigenvalue weighted by molar-refractivity contribution is 7.92. The zero-order valence-corrected chi connectivity index (χ0v) is 16.6. The third kappa shape index (κ3) is 5.60. The summed E-state index contributed by atoms with van der Waals surface area (Å²) in [5.41, 5.74) is 3.00. The van der Waals surface area contributed by atoms with E-state index in [1.807, 2.05) is 0 Å². The van der Waals surface area contributed by atoms with Crippen LogP contribution in [0.5, 0.6) is 0 Å². The Labute approximate surface area is 166 Å². The number of hydrazone groups is 1. The van der Waals surface area contributed by atoms with Gasteiger partial charge in [0.1, 0.15) is 6.54 Å². The molecule has 0 aromatic heterocycles. The van der Waals surface area contributed by atoms with Gasteiger partial charge in [-0.3, -0.25) is 9.10 Å². The fraction of sp³-hybridized carbons (Fsp3) is 0.125. The maximum Gasteiger partial charge on any atom is 0.260 e. The van der Waals surface area contributed by atoms with Crippen molar-refractivity contribution in [3.05, 3.63) is 63.1 Å². The summed E-state index contributed by atoms with van der Waals surface area (Å²) in [5, 5.41) is 4.96. The summed E-state index contributed by atoms with van der Waals surface area (Å²) in [7, 11) is -3.68. The van der Waals surface area contributed by atoms with E-state index in [-0.39, 0.29) is 0 Å². The highest BCUT2D eigenvalue weighted by Crippen LogP contribution is 2.22. The highest BCUT2D eigenvalue weighted by atomic mass is 35.5. The molecule has 0 unspecified atom stereocenters. The molecule has 1 N–H and O–H groups in total. The minimum atomic E-state index is -3.68. The standard InChI is InChI=1S/C16H14Cl3N3O3S/c1-26(24,25)22(12-7-5-11(17)6-8-12)10-16(23)21-20-9-13-14(18)3-2-4-15(13)19/h2-9H,10H2,1H3,(H,21,23)/b20-9-. The molecule has 0 atom stereocenters. The van der Waals surface area contributed by atoms with Crippen molar-refractivity contribution >= 4 is 62.6 Å². The minimum Gasteiger partial charge on any atom is -0.271 e. The molecule has 0 saturated heterocycles. The molecule has 2 aromatic rings. The second-order valence-electron chi connectivity index (χ2n) is 5.17. The molecule has 2 aromatic carbocycles. The first-order valence-electron chi connectivity index (χ1n) is 7.17. The summed E-state index contributed by atoms with van der Waals surface area (Å²) in [6, 6.07) is 11.0. The van der Waals surface area contributed by atoms with Gasteiger partial charge in [-0.2, -0.15) is 5.10 Å². The van der Waals surface area contributed by atoms with Gasteiger partial charge in [0.15, 0.2) is 0 Å². The Hall–Kier alpha value is -1.80. The van der Waals surface area contributed by atoms with E-state index in [2.05, 4.69) is 10.5 Å². The lowest BCUT2D eigenvalue weighted by molar-refractivity contribution is -0.119. The van der Waals surface area contributed by atoms with Gasteiger partial charge in [0.2, 0.25) is 10.0 Å². The predicted octanol–water partition coefficient (Wildman–Crippen LogP) is 3.56. The van der Waals surface area contributed by atoms with E-state index < -0.39 is 22.5 Å². The molecule has 0 bridgehead atoms. The second kappa shape index (κ2) is 8.73. The van der Waals surface area contributed by atoms with Gasteiger partial charge in [-0.05, 0) is 36.4 Å². The molecule has 0 aliphatic carbocycles. The minimum absolute atomic E-state index is 0.310. The Balaban J connectivity index is 2.11. The van der Waals surface area contributed by atoms with Crippen LogP contribution in [0.3, 0.4) is 0 Å². The number of benzene rings is 2. The van der Waals surface area contributed by atoms with Crippen LogP contribution in [0, 0.1) is 0 Å². The highest BCUT2D eigenvalue weighted by Gasteiger charge is 2.20. The molecule has 10 heteroatoms. The zero-order valence-electron chi connectivity index (χ0n) is 13.5. The molecule has 1 amide bonds. The lowest BCUT2D eigenvalue weighted by Crippen LogP contribution is -2.39. The van der Waals surface area contributed by atoms with Gasteiger partial charge in [-0.25, -0.2) is 13.8 Å². The SMILES string of the molecule is CS(=O)(=O)N(CC(=O)N/N=C\c1c(Cl)cccc1Cl)c1ccc(Cl)cc1. The van der Waals surface area contributed by atoms with Crippen LogP contribution in [-0.2, 0) is 14.8 Å². The topological polar surface area (TPSA) is 78.8 Å². The quantitative estimate of drug-likeness (QED) is 0.558. The average molecular weight is 435 g/mol. The molecule has 0 spiro atoms. The molecule has 0 aliphatic rings. The van der Waals surface area contributed by atoms with Crippen molar-refractivity contribution in [2.75, 3.05) is 17.1 Å². The number of nitrogens with one attached hydrogen (secondary N) is 1. The van der Waals surface area contributed by atoms with Crippen molar-refractivity contribution in [3.63, 3.8) is 0 Å².